The van der Waals surface area contributed by atoms with E-state index in [9.17, 15) is 5.11 Å². The molecule has 4 nitrogen and oxygen atoms in total. The number of nitrogens with one attached hydrogen (secondary N) is 2. The minimum atomic E-state index is 0.0892. The first-order valence-electron chi connectivity index (χ1n) is 5.36. The minimum absolute atomic E-state index is 0.0892. The highest BCUT2D eigenvalue weighted by Gasteiger charge is 2.09. The van der Waals surface area contributed by atoms with Crippen molar-refractivity contribution in [2.24, 2.45) is 4.99 Å². The Balaban J connectivity index is 2.57. The Morgan fingerprint density at radius 3 is 2.56 bits per heavy atom. The molecular weight excluding hydrogens is 202 g/mol. The maximum Gasteiger partial charge on any atom is 0.190 e. The van der Waals surface area contributed by atoms with Gasteiger partial charge in [-0.15, -0.1) is 0 Å². The molecule has 0 aliphatic carbocycles. The molecule has 1 aromatic carbocycles. The topological polar surface area (TPSA) is 56.7 Å². The van der Waals surface area contributed by atoms with E-state index >= 15 is 0 Å². The first-order valence-corrected chi connectivity index (χ1v) is 5.36. The van der Waals surface area contributed by atoms with Gasteiger partial charge in [0.05, 0.1) is 6.61 Å². The molecule has 1 unspecified atom stereocenters. The van der Waals surface area contributed by atoms with Crippen molar-refractivity contribution in [1.29, 1.82) is 0 Å². The maximum atomic E-state index is 9.34. The lowest BCUT2D eigenvalue weighted by Gasteiger charge is -2.16. The van der Waals surface area contributed by atoms with Gasteiger partial charge in [0.2, 0.25) is 0 Å². The number of benzene rings is 1. The molecule has 4 heteroatoms. The van der Waals surface area contributed by atoms with Gasteiger partial charge in [-0.3, -0.25) is 4.99 Å². The smallest absolute Gasteiger partial charge is 0.190 e. The number of guanidine groups is 1. The van der Waals surface area contributed by atoms with E-state index in [0.717, 1.165) is 11.5 Å². The fourth-order valence-electron chi connectivity index (χ4n) is 1.51. The molecule has 0 amide bonds. The van der Waals surface area contributed by atoms with E-state index in [1.807, 2.05) is 37.4 Å². The van der Waals surface area contributed by atoms with Crippen LogP contribution in [-0.4, -0.2) is 38.3 Å². The molecule has 0 heterocycles. The molecule has 0 fully saturated rings. The van der Waals surface area contributed by atoms with Crippen molar-refractivity contribution in [3.8, 4) is 0 Å². The zero-order valence-electron chi connectivity index (χ0n) is 9.77. The molecule has 0 radical (unpaired) electrons. The van der Waals surface area contributed by atoms with Gasteiger partial charge in [0, 0.05) is 26.6 Å². The fraction of sp³-hybridized carbons (Fsp3) is 0.417. The van der Waals surface area contributed by atoms with Crippen molar-refractivity contribution in [3.63, 3.8) is 0 Å². The van der Waals surface area contributed by atoms with Crippen LogP contribution >= 0.6 is 0 Å². The van der Waals surface area contributed by atoms with Gasteiger partial charge in [0.25, 0.3) is 0 Å². The van der Waals surface area contributed by atoms with Crippen LogP contribution in [0.5, 0.6) is 0 Å². The van der Waals surface area contributed by atoms with Crippen LogP contribution in [0.3, 0.4) is 0 Å². The highest BCUT2D eigenvalue weighted by atomic mass is 16.3. The average molecular weight is 221 g/mol. The lowest BCUT2D eigenvalue weighted by molar-refractivity contribution is 0.265. The number of aliphatic hydroxyl groups is 1. The lowest BCUT2D eigenvalue weighted by Crippen LogP contribution is -2.37. The summed E-state index contributed by atoms with van der Waals surface area (Å²) < 4.78 is 0. The van der Waals surface area contributed by atoms with Crippen LogP contribution in [0.1, 0.15) is 11.5 Å². The van der Waals surface area contributed by atoms with E-state index in [4.69, 9.17) is 0 Å². The van der Waals surface area contributed by atoms with Crippen molar-refractivity contribution in [1.82, 2.24) is 10.6 Å². The zero-order valence-corrected chi connectivity index (χ0v) is 9.77. The third-order valence-electron chi connectivity index (χ3n) is 2.47. The van der Waals surface area contributed by atoms with Gasteiger partial charge in [0.1, 0.15) is 0 Å². The van der Waals surface area contributed by atoms with Crippen LogP contribution in [0, 0.1) is 0 Å². The molecule has 0 spiro atoms. The zero-order chi connectivity index (χ0) is 11.8. The van der Waals surface area contributed by atoms with Gasteiger partial charge >= 0.3 is 0 Å². The largest absolute Gasteiger partial charge is 0.396 e. The summed E-state index contributed by atoms with van der Waals surface area (Å²) in [7, 11) is 3.53. The molecule has 1 aromatic rings. The molecule has 0 saturated heterocycles. The molecule has 16 heavy (non-hydrogen) atoms. The predicted octanol–water partition coefficient (Wildman–Crippen LogP) is 0.557. The van der Waals surface area contributed by atoms with Crippen molar-refractivity contribution in [2.75, 3.05) is 27.2 Å². The van der Waals surface area contributed by atoms with E-state index in [1.54, 1.807) is 7.05 Å². The van der Waals surface area contributed by atoms with Crippen molar-refractivity contribution in [3.05, 3.63) is 35.9 Å². The summed E-state index contributed by atoms with van der Waals surface area (Å²) in [5, 5.41) is 15.4. The minimum Gasteiger partial charge on any atom is -0.396 e. The second-order valence-corrected chi connectivity index (χ2v) is 3.49. The van der Waals surface area contributed by atoms with Gasteiger partial charge in [-0.05, 0) is 5.56 Å². The molecule has 1 atom stereocenters. The summed E-state index contributed by atoms with van der Waals surface area (Å²) in [6.45, 7) is 0.783. The normalized spacial score (nSPS) is 13.3. The van der Waals surface area contributed by atoms with E-state index in [1.165, 1.54) is 0 Å². The van der Waals surface area contributed by atoms with Crippen molar-refractivity contribution < 1.29 is 5.11 Å². The van der Waals surface area contributed by atoms with Crippen molar-refractivity contribution in [2.45, 2.75) is 5.92 Å². The second kappa shape index (κ2) is 6.85. The fourth-order valence-corrected chi connectivity index (χ4v) is 1.51. The van der Waals surface area contributed by atoms with E-state index in [0.29, 0.717) is 6.54 Å². The molecule has 88 valence electrons. The van der Waals surface area contributed by atoms with Gasteiger partial charge in [-0.25, -0.2) is 0 Å². The highest BCUT2D eigenvalue weighted by molar-refractivity contribution is 5.79. The number of hydrogen-bond donors (Lipinski definition) is 3. The van der Waals surface area contributed by atoms with Crippen LogP contribution in [0.25, 0.3) is 0 Å². The average Bonchev–Trinajstić information content (AvgIpc) is 2.36. The summed E-state index contributed by atoms with van der Waals surface area (Å²) in [5.74, 6) is 0.820. The number of hydrogen-bond acceptors (Lipinski definition) is 2. The Morgan fingerprint density at radius 1 is 1.38 bits per heavy atom. The lowest BCUT2D eigenvalue weighted by atomic mass is 10.0. The van der Waals surface area contributed by atoms with Gasteiger partial charge in [-0.1, -0.05) is 30.3 Å². The Hall–Kier alpha value is -1.55. The molecule has 0 aliphatic rings. The van der Waals surface area contributed by atoms with Crippen LogP contribution in [0.15, 0.2) is 35.3 Å². The Labute approximate surface area is 96.4 Å². The molecule has 0 aromatic heterocycles. The molecule has 0 bridgehead atoms. The second-order valence-electron chi connectivity index (χ2n) is 3.49. The van der Waals surface area contributed by atoms with E-state index in [-0.39, 0.29) is 12.5 Å². The third-order valence-corrected chi connectivity index (χ3v) is 2.47. The number of nitrogens with zero attached hydrogens (tertiary/aromatic N) is 1. The summed E-state index contributed by atoms with van der Waals surface area (Å²) in [5.41, 5.74) is 1.13. The summed E-state index contributed by atoms with van der Waals surface area (Å²) in [6, 6.07) is 9.96. The summed E-state index contributed by atoms with van der Waals surface area (Å²) in [6.07, 6.45) is 0. The molecular formula is C12H19N3O. The maximum absolute atomic E-state index is 9.34. The highest BCUT2D eigenvalue weighted by Crippen LogP contribution is 2.13. The summed E-state index contributed by atoms with van der Waals surface area (Å²) >= 11 is 0. The third kappa shape index (κ3) is 3.55. The first-order chi connectivity index (χ1) is 7.81. The number of aliphatic hydroxyl groups excluding tert-OH is 1. The Morgan fingerprint density at radius 2 is 2.06 bits per heavy atom. The Bertz CT molecular complexity index is 324. The monoisotopic (exact) mass is 221 g/mol. The Kier molecular flexibility index (Phi) is 5.36. The molecule has 0 aliphatic heterocycles. The van der Waals surface area contributed by atoms with Gasteiger partial charge < -0.3 is 15.7 Å². The van der Waals surface area contributed by atoms with Crippen LogP contribution < -0.4 is 10.6 Å². The standard InChI is InChI=1S/C12H19N3O/c1-13-12(14-2)15-8-11(9-16)10-6-4-3-5-7-10/h3-7,11,16H,8-9H2,1-2H3,(H2,13,14,15). The molecule has 3 N–H and O–H groups in total. The quantitative estimate of drug-likeness (QED) is 0.514. The molecule has 0 saturated carbocycles. The van der Waals surface area contributed by atoms with Crippen LogP contribution in [0.4, 0.5) is 0 Å². The molecule has 1 rings (SSSR count). The van der Waals surface area contributed by atoms with Gasteiger partial charge in [-0.2, -0.15) is 0 Å². The van der Waals surface area contributed by atoms with Gasteiger partial charge in [0.15, 0.2) is 5.96 Å². The van der Waals surface area contributed by atoms with Crippen LogP contribution in [-0.2, 0) is 0 Å². The van der Waals surface area contributed by atoms with Crippen molar-refractivity contribution >= 4 is 5.96 Å². The predicted molar refractivity (Wildman–Crippen MR) is 66.7 cm³/mol. The number of rotatable bonds is 4. The number of aliphatic imine (C=N–C) groups is 1. The SMILES string of the molecule is CN=C(NC)NCC(CO)c1ccccc1. The first kappa shape index (κ1) is 12.5. The van der Waals surface area contributed by atoms with E-state index in [2.05, 4.69) is 15.6 Å². The summed E-state index contributed by atoms with van der Waals surface area (Å²) in [4.78, 5) is 4.02. The van der Waals surface area contributed by atoms with Crippen LogP contribution in [0.2, 0.25) is 0 Å². The van der Waals surface area contributed by atoms with E-state index < -0.39 is 0 Å².